The zero-order chi connectivity index (χ0) is 13.5. The van der Waals surface area contributed by atoms with Crippen molar-refractivity contribution in [3.8, 4) is 0 Å². The second-order valence-electron chi connectivity index (χ2n) is 1.18. The summed E-state index contributed by atoms with van der Waals surface area (Å²) in [6.07, 6.45) is 0. The molecule has 9 nitrogen and oxygen atoms in total. The van der Waals surface area contributed by atoms with E-state index in [9.17, 15) is 11.7 Å². The molecule has 16 heteroatoms. The van der Waals surface area contributed by atoms with Crippen molar-refractivity contribution in [2.24, 2.45) is 0 Å². The Hall–Kier alpha value is 0.754. The SMILES string of the molecule is O=S(=O)([O-])F.O=S(=O)([O-])F.O=S(=O)([O-])F.[Tm+3]. The predicted molar refractivity (Wildman–Crippen MR) is 32.4 cm³/mol. The fraction of sp³-hybridized carbons (Fsp3) is 0. The van der Waals surface area contributed by atoms with Gasteiger partial charge in [0.05, 0.1) is 0 Å². The van der Waals surface area contributed by atoms with Crippen LogP contribution in [-0.4, -0.2) is 38.9 Å². The monoisotopic (exact) mass is 466 g/mol. The summed E-state index contributed by atoms with van der Waals surface area (Å²) in [6.45, 7) is 0. The number of hydrogen-bond acceptors (Lipinski definition) is 9. The first-order valence-corrected chi connectivity index (χ1v) is 5.89. The van der Waals surface area contributed by atoms with E-state index < -0.39 is 31.5 Å². The van der Waals surface area contributed by atoms with E-state index in [2.05, 4.69) is 0 Å². The molecule has 0 aliphatic heterocycles. The molecule has 0 aromatic heterocycles. The van der Waals surface area contributed by atoms with Gasteiger partial charge in [-0.3, -0.25) is 0 Å². The topological polar surface area (TPSA) is 172 Å². The molecular formula is F3O9S3Tm. The molecule has 0 aromatic rings. The van der Waals surface area contributed by atoms with Gasteiger partial charge < -0.3 is 13.7 Å². The van der Waals surface area contributed by atoms with Crippen LogP contribution in [0.1, 0.15) is 0 Å². The first-order chi connectivity index (χ1) is 6.00. The van der Waals surface area contributed by atoms with E-state index >= 15 is 0 Å². The van der Waals surface area contributed by atoms with E-state index in [1.54, 1.807) is 0 Å². The van der Waals surface area contributed by atoms with Gasteiger partial charge in [0.1, 0.15) is 0 Å². The van der Waals surface area contributed by atoms with Gasteiger partial charge in [0.15, 0.2) is 0 Å². The van der Waals surface area contributed by atoms with Gasteiger partial charge in [-0.15, -0.1) is 11.7 Å². The molecule has 0 fully saturated rings. The molecule has 0 saturated heterocycles. The molecule has 106 valence electrons. The Balaban J connectivity index is -0.0000000655. The van der Waals surface area contributed by atoms with Crippen LogP contribution < -0.4 is 0 Å². The maximum absolute atomic E-state index is 10.1. The second-order valence-corrected chi connectivity index (χ2v) is 3.54. The molecule has 0 rings (SSSR count). The average Bonchev–Trinajstić information content (AvgIpc) is 1.41. The summed E-state index contributed by atoms with van der Waals surface area (Å²) < 4.78 is 106. The molecule has 0 unspecified atom stereocenters. The zero-order valence-electron chi connectivity index (χ0n) is 6.31. The van der Waals surface area contributed by atoms with Crippen molar-refractivity contribution >= 4 is 31.5 Å². The number of halogens is 3. The summed E-state index contributed by atoms with van der Waals surface area (Å²) in [6, 6.07) is 0. The summed E-state index contributed by atoms with van der Waals surface area (Å²) >= 11 is 0. The van der Waals surface area contributed by atoms with E-state index in [0.29, 0.717) is 0 Å². The van der Waals surface area contributed by atoms with E-state index in [1.165, 1.54) is 0 Å². The molecular weight excluding hydrogens is 466 g/mol. The Morgan fingerprint density at radius 2 is 0.562 bits per heavy atom. The second kappa shape index (κ2) is 9.75. The Kier molecular flexibility index (Phi) is 15.6. The quantitative estimate of drug-likeness (QED) is 0.297. The minimum absolute atomic E-state index is 0. The summed E-state index contributed by atoms with van der Waals surface area (Å²) in [4.78, 5) is 0. The summed E-state index contributed by atoms with van der Waals surface area (Å²) in [5.41, 5.74) is 0. The molecule has 0 spiro atoms. The van der Waals surface area contributed by atoms with E-state index in [-0.39, 0.29) is 36.9 Å². The summed E-state index contributed by atoms with van der Waals surface area (Å²) in [7, 11) is -16.2. The normalized spacial score (nSPS) is 10.9. The van der Waals surface area contributed by atoms with Gasteiger partial charge in [-0.25, -0.2) is 25.3 Å². The van der Waals surface area contributed by atoms with Crippen molar-refractivity contribution in [1.82, 2.24) is 0 Å². The molecule has 16 heavy (non-hydrogen) atoms. The Morgan fingerprint density at radius 3 is 0.562 bits per heavy atom. The Bertz CT molecular complexity index is 347. The fourth-order valence-corrected chi connectivity index (χ4v) is 0. The fourth-order valence-electron chi connectivity index (χ4n) is 0. The molecule has 0 heterocycles. The Labute approximate surface area is 118 Å². The van der Waals surface area contributed by atoms with Crippen LogP contribution in [0, 0.1) is 36.9 Å². The van der Waals surface area contributed by atoms with Crippen molar-refractivity contribution in [1.29, 1.82) is 0 Å². The number of hydrogen-bond donors (Lipinski definition) is 0. The van der Waals surface area contributed by atoms with Gasteiger partial charge in [-0.2, -0.15) is 0 Å². The number of rotatable bonds is 0. The third kappa shape index (κ3) is 4910. The largest absolute Gasteiger partial charge is 3.00 e. The molecule has 0 N–H and O–H groups in total. The third-order valence-corrected chi connectivity index (χ3v) is 0. The van der Waals surface area contributed by atoms with Crippen molar-refractivity contribution in [3.63, 3.8) is 0 Å². The Morgan fingerprint density at radius 1 is 0.562 bits per heavy atom. The molecule has 0 aliphatic carbocycles. The van der Waals surface area contributed by atoms with Crippen molar-refractivity contribution in [3.05, 3.63) is 0 Å². The van der Waals surface area contributed by atoms with E-state index in [0.717, 1.165) is 0 Å². The molecule has 0 aliphatic rings. The van der Waals surface area contributed by atoms with Crippen LogP contribution >= 0.6 is 0 Å². The first-order valence-electron chi connectivity index (χ1n) is 1.96. The third-order valence-electron chi connectivity index (χ3n) is 0. The molecule has 0 aromatic carbocycles. The van der Waals surface area contributed by atoms with Crippen LogP contribution in [0.15, 0.2) is 0 Å². The predicted octanol–water partition coefficient (Wildman–Crippen LogP) is -1.75. The molecule has 0 atom stereocenters. The molecule has 0 amide bonds. The summed E-state index contributed by atoms with van der Waals surface area (Å²) in [5.74, 6) is 0. The van der Waals surface area contributed by atoms with Gasteiger partial charge in [0, 0.05) is 0 Å². The minimum atomic E-state index is -5.42. The molecule has 0 radical (unpaired) electrons. The van der Waals surface area contributed by atoms with Gasteiger partial charge in [0.2, 0.25) is 0 Å². The molecule has 0 saturated carbocycles. The van der Waals surface area contributed by atoms with E-state index in [4.69, 9.17) is 38.9 Å². The minimum Gasteiger partial charge on any atom is -0.722 e. The van der Waals surface area contributed by atoms with Crippen LogP contribution in [0.4, 0.5) is 11.7 Å². The standard InChI is InChI=1S/3FHO3S.Tm/c3*1-5(2,3)4;/h3*(H,2,3,4);/q;;;+3/p-3. The van der Waals surface area contributed by atoms with Gasteiger partial charge in [-0.1, -0.05) is 0 Å². The smallest absolute Gasteiger partial charge is 0.722 e. The average molecular weight is 466 g/mol. The zero-order valence-corrected chi connectivity index (χ0v) is 10.5. The van der Waals surface area contributed by atoms with Crippen LogP contribution in [-0.2, 0) is 31.5 Å². The maximum atomic E-state index is 10.1. The maximum Gasteiger partial charge on any atom is 3.00 e. The molecule has 0 bridgehead atoms. The summed E-state index contributed by atoms with van der Waals surface area (Å²) in [5, 5.41) is 0. The van der Waals surface area contributed by atoms with Crippen molar-refractivity contribution < 1.29 is 87.4 Å². The van der Waals surface area contributed by atoms with Crippen molar-refractivity contribution in [2.45, 2.75) is 0 Å². The first kappa shape index (κ1) is 25.6. The van der Waals surface area contributed by atoms with E-state index in [1.807, 2.05) is 0 Å². The van der Waals surface area contributed by atoms with Crippen LogP contribution in [0.2, 0.25) is 0 Å². The van der Waals surface area contributed by atoms with Crippen LogP contribution in [0.25, 0.3) is 0 Å². The van der Waals surface area contributed by atoms with Crippen molar-refractivity contribution in [2.75, 3.05) is 0 Å². The van der Waals surface area contributed by atoms with Gasteiger partial charge >= 0.3 is 36.9 Å². The van der Waals surface area contributed by atoms with Crippen LogP contribution in [0.5, 0.6) is 0 Å². The van der Waals surface area contributed by atoms with Gasteiger partial charge in [-0.05, 0) is 0 Å². The van der Waals surface area contributed by atoms with Gasteiger partial charge in [0.25, 0.3) is 31.5 Å². The van der Waals surface area contributed by atoms with Crippen LogP contribution in [0.3, 0.4) is 0 Å².